The highest BCUT2D eigenvalue weighted by Gasteiger charge is 2.28. The van der Waals surface area contributed by atoms with E-state index in [1.54, 1.807) is 4.90 Å². The average molecular weight is 367 g/mol. The van der Waals surface area contributed by atoms with Crippen molar-refractivity contribution in [2.24, 2.45) is 0 Å². The van der Waals surface area contributed by atoms with Gasteiger partial charge in [-0.2, -0.15) is 0 Å². The van der Waals surface area contributed by atoms with Crippen LogP contribution in [0.4, 0.5) is 0 Å². The highest BCUT2D eigenvalue weighted by molar-refractivity contribution is 5.88. The highest BCUT2D eigenvalue weighted by Crippen LogP contribution is 2.15. The number of hydrogen-bond donors (Lipinski definition) is 1. The molecule has 0 saturated heterocycles. The zero-order valence-electron chi connectivity index (χ0n) is 16.7. The molecule has 0 unspecified atom stereocenters. The summed E-state index contributed by atoms with van der Waals surface area (Å²) in [5.41, 5.74) is 3.14. The number of hydrogen-bond acceptors (Lipinski definition) is 2. The lowest BCUT2D eigenvalue weighted by molar-refractivity contribution is -0.141. The summed E-state index contributed by atoms with van der Waals surface area (Å²) in [6.07, 6.45) is 0.865. The Morgan fingerprint density at radius 2 is 1.59 bits per heavy atom. The molecule has 1 N–H and O–H groups in total. The minimum absolute atomic E-state index is 0.0338. The van der Waals surface area contributed by atoms with E-state index in [1.807, 2.05) is 82.3 Å². The highest BCUT2D eigenvalue weighted by atomic mass is 16.2. The third kappa shape index (κ3) is 6.24. The zero-order chi connectivity index (χ0) is 19.8. The average Bonchev–Trinajstić information content (AvgIpc) is 2.63. The normalized spacial score (nSPS) is 11.9. The van der Waals surface area contributed by atoms with Crippen molar-refractivity contribution in [1.82, 2.24) is 10.2 Å². The lowest BCUT2D eigenvalue weighted by Gasteiger charge is -2.31. The van der Waals surface area contributed by atoms with Crippen molar-refractivity contribution in [1.29, 1.82) is 0 Å². The van der Waals surface area contributed by atoms with E-state index in [0.717, 1.165) is 16.7 Å². The quantitative estimate of drug-likeness (QED) is 0.771. The minimum Gasteiger partial charge on any atom is -0.352 e. The van der Waals surface area contributed by atoms with Gasteiger partial charge in [0.25, 0.3) is 0 Å². The molecule has 1 atom stereocenters. The Labute approximate surface area is 162 Å². The first-order valence-corrected chi connectivity index (χ1v) is 9.60. The molecule has 2 aromatic rings. The second-order valence-electron chi connectivity index (χ2n) is 7.26. The predicted octanol–water partition coefficient (Wildman–Crippen LogP) is 3.87. The predicted molar refractivity (Wildman–Crippen MR) is 109 cm³/mol. The molecular formula is C23H30N2O2. The Bertz CT molecular complexity index is 739. The van der Waals surface area contributed by atoms with Crippen LogP contribution in [-0.4, -0.2) is 28.8 Å². The Balaban J connectivity index is 2.25. The molecule has 4 heteroatoms. The number of aryl methyl sites for hydroxylation is 1. The molecule has 0 aliphatic carbocycles. The van der Waals surface area contributed by atoms with Gasteiger partial charge in [-0.1, -0.05) is 67.1 Å². The Hall–Kier alpha value is -2.62. The van der Waals surface area contributed by atoms with Gasteiger partial charge in [-0.25, -0.2) is 0 Å². The van der Waals surface area contributed by atoms with Crippen LogP contribution in [0.1, 0.15) is 43.9 Å². The summed E-state index contributed by atoms with van der Waals surface area (Å²) in [5, 5.41) is 2.95. The number of amides is 2. The zero-order valence-corrected chi connectivity index (χ0v) is 16.7. The Morgan fingerprint density at radius 3 is 2.15 bits per heavy atom. The van der Waals surface area contributed by atoms with E-state index in [1.165, 1.54) is 0 Å². The SMILES string of the molecule is CC[C@@H](C(=O)NC(C)C)N(Cc1ccccc1)C(=O)Cc1ccc(C)cc1. The molecule has 27 heavy (non-hydrogen) atoms. The molecule has 0 fully saturated rings. The summed E-state index contributed by atoms with van der Waals surface area (Å²) >= 11 is 0. The van der Waals surface area contributed by atoms with Gasteiger partial charge in [0.15, 0.2) is 0 Å². The van der Waals surface area contributed by atoms with Gasteiger partial charge in [0, 0.05) is 12.6 Å². The van der Waals surface area contributed by atoms with E-state index in [2.05, 4.69) is 5.32 Å². The first-order valence-electron chi connectivity index (χ1n) is 9.60. The number of carbonyl (C=O) groups excluding carboxylic acids is 2. The standard InChI is InChI=1S/C23H30N2O2/c1-5-21(23(27)24-17(2)3)25(16-20-9-7-6-8-10-20)22(26)15-19-13-11-18(4)12-14-19/h6-14,17,21H,5,15-16H2,1-4H3,(H,24,27)/t21-/m0/s1. The molecule has 0 aromatic heterocycles. The summed E-state index contributed by atoms with van der Waals surface area (Å²) in [6.45, 7) is 8.26. The number of rotatable bonds is 8. The molecule has 0 aliphatic heterocycles. The van der Waals surface area contributed by atoms with Crippen LogP contribution in [0.15, 0.2) is 54.6 Å². The molecule has 0 spiro atoms. The maximum absolute atomic E-state index is 13.1. The molecule has 2 aromatic carbocycles. The van der Waals surface area contributed by atoms with Crippen molar-refractivity contribution in [2.45, 2.75) is 59.2 Å². The van der Waals surface area contributed by atoms with Crippen molar-refractivity contribution >= 4 is 11.8 Å². The fraction of sp³-hybridized carbons (Fsp3) is 0.391. The molecule has 2 rings (SSSR count). The largest absolute Gasteiger partial charge is 0.352 e. The van der Waals surface area contributed by atoms with E-state index < -0.39 is 6.04 Å². The molecule has 144 valence electrons. The lowest BCUT2D eigenvalue weighted by atomic mass is 10.1. The van der Waals surface area contributed by atoms with Crippen molar-refractivity contribution in [3.63, 3.8) is 0 Å². The van der Waals surface area contributed by atoms with E-state index in [4.69, 9.17) is 0 Å². The number of nitrogens with one attached hydrogen (secondary N) is 1. The third-order valence-electron chi connectivity index (χ3n) is 4.49. The number of benzene rings is 2. The van der Waals surface area contributed by atoms with Crippen LogP contribution < -0.4 is 5.32 Å². The fourth-order valence-electron chi connectivity index (χ4n) is 3.06. The topological polar surface area (TPSA) is 49.4 Å². The van der Waals surface area contributed by atoms with Gasteiger partial charge in [-0.05, 0) is 38.3 Å². The van der Waals surface area contributed by atoms with Gasteiger partial charge >= 0.3 is 0 Å². The van der Waals surface area contributed by atoms with E-state index in [9.17, 15) is 9.59 Å². The summed E-state index contributed by atoms with van der Waals surface area (Å²) in [7, 11) is 0. The minimum atomic E-state index is -0.481. The summed E-state index contributed by atoms with van der Waals surface area (Å²) in [4.78, 5) is 27.6. The van der Waals surface area contributed by atoms with E-state index in [-0.39, 0.29) is 17.9 Å². The monoisotopic (exact) mass is 366 g/mol. The van der Waals surface area contributed by atoms with Gasteiger partial charge in [0.05, 0.1) is 6.42 Å². The molecule has 0 radical (unpaired) electrons. The molecular weight excluding hydrogens is 336 g/mol. The van der Waals surface area contributed by atoms with Crippen LogP contribution in [0.25, 0.3) is 0 Å². The molecule has 0 saturated carbocycles. The van der Waals surface area contributed by atoms with Gasteiger partial charge in [-0.3, -0.25) is 9.59 Å². The first-order chi connectivity index (χ1) is 12.9. The Kier molecular flexibility index (Phi) is 7.59. The molecule has 0 bridgehead atoms. The van der Waals surface area contributed by atoms with Gasteiger partial charge in [-0.15, -0.1) is 0 Å². The van der Waals surface area contributed by atoms with Crippen LogP contribution in [0, 0.1) is 6.92 Å². The van der Waals surface area contributed by atoms with Gasteiger partial charge < -0.3 is 10.2 Å². The molecule has 4 nitrogen and oxygen atoms in total. The van der Waals surface area contributed by atoms with Crippen LogP contribution in [0.2, 0.25) is 0 Å². The van der Waals surface area contributed by atoms with E-state index in [0.29, 0.717) is 19.4 Å². The second-order valence-corrected chi connectivity index (χ2v) is 7.26. The second kappa shape index (κ2) is 9.91. The maximum atomic E-state index is 13.1. The molecule has 0 heterocycles. The van der Waals surface area contributed by atoms with Crippen molar-refractivity contribution in [3.8, 4) is 0 Å². The molecule has 0 aliphatic rings. The van der Waals surface area contributed by atoms with E-state index >= 15 is 0 Å². The van der Waals surface area contributed by atoms with Crippen molar-refractivity contribution in [3.05, 3.63) is 71.3 Å². The van der Waals surface area contributed by atoms with Crippen molar-refractivity contribution in [2.75, 3.05) is 0 Å². The third-order valence-corrected chi connectivity index (χ3v) is 4.49. The van der Waals surface area contributed by atoms with Gasteiger partial charge in [0.2, 0.25) is 11.8 Å². The number of nitrogens with zero attached hydrogens (tertiary/aromatic N) is 1. The van der Waals surface area contributed by atoms with Crippen LogP contribution in [-0.2, 0) is 22.6 Å². The van der Waals surface area contributed by atoms with Crippen LogP contribution in [0.5, 0.6) is 0 Å². The van der Waals surface area contributed by atoms with Crippen LogP contribution >= 0.6 is 0 Å². The fourth-order valence-corrected chi connectivity index (χ4v) is 3.06. The molecule has 2 amide bonds. The Morgan fingerprint density at radius 1 is 0.963 bits per heavy atom. The summed E-state index contributed by atoms with van der Waals surface area (Å²) < 4.78 is 0. The number of carbonyl (C=O) groups is 2. The maximum Gasteiger partial charge on any atom is 0.243 e. The summed E-state index contributed by atoms with van der Waals surface area (Å²) in [6, 6.07) is 17.3. The smallest absolute Gasteiger partial charge is 0.243 e. The van der Waals surface area contributed by atoms with Crippen molar-refractivity contribution < 1.29 is 9.59 Å². The first kappa shape index (κ1) is 20.7. The summed E-state index contributed by atoms with van der Waals surface area (Å²) in [5.74, 6) is -0.130. The van der Waals surface area contributed by atoms with Crippen LogP contribution in [0.3, 0.4) is 0 Å². The lowest BCUT2D eigenvalue weighted by Crippen LogP contribution is -2.50. The van der Waals surface area contributed by atoms with Gasteiger partial charge in [0.1, 0.15) is 6.04 Å².